The van der Waals surface area contributed by atoms with Crippen molar-refractivity contribution in [3.63, 3.8) is 0 Å². The van der Waals surface area contributed by atoms with Crippen LogP contribution in [0, 0.1) is 5.92 Å². The van der Waals surface area contributed by atoms with E-state index in [1.165, 1.54) is 0 Å². The van der Waals surface area contributed by atoms with E-state index in [0.717, 1.165) is 37.0 Å². The molecule has 1 saturated heterocycles. The van der Waals surface area contributed by atoms with Gasteiger partial charge in [-0.05, 0) is 62.3 Å². The van der Waals surface area contributed by atoms with E-state index in [2.05, 4.69) is 24.5 Å². The SMILES string of the molecule is CCCCCC(=O)Nc1ccc(C(=O)CN2C(=O)NC3(CCC(C)CC3)C2=O)cc1. The number of amides is 4. The van der Waals surface area contributed by atoms with Crippen molar-refractivity contribution in [2.24, 2.45) is 5.92 Å². The van der Waals surface area contributed by atoms with E-state index in [4.69, 9.17) is 0 Å². The van der Waals surface area contributed by atoms with Crippen LogP contribution < -0.4 is 10.6 Å². The normalized spacial score (nSPS) is 23.5. The van der Waals surface area contributed by atoms with E-state index in [1.54, 1.807) is 24.3 Å². The predicted octanol–water partition coefficient (Wildman–Crippen LogP) is 3.89. The quantitative estimate of drug-likeness (QED) is 0.384. The molecule has 1 spiro atoms. The molecule has 0 atom stereocenters. The third-order valence-electron chi connectivity index (χ3n) is 6.17. The van der Waals surface area contributed by atoms with Crippen molar-refractivity contribution >= 4 is 29.3 Å². The van der Waals surface area contributed by atoms with Crippen LogP contribution in [0.1, 0.15) is 75.6 Å². The molecule has 1 aliphatic carbocycles. The number of hydrogen-bond acceptors (Lipinski definition) is 4. The van der Waals surface area contributed by atoms with Crippen LogP contribution in [-0.4, -0.2) is 40.6 Å². The molecule has 2 fully saturated rings. The van der Waals surface area contributed by atoms with Crippen LogP contribution in [-0.2, 0) is 9.59 Å². The Morgan fingerprint density at radius 2 is 1.80 bits per heavy atom. The van der Waals surface area contributed by atoms with Crippen LogP contribution in [0.3, 0.4) is 0 Å². The Hall–Kier alpha value is -2.70. The van der Waals surface area contributed by atoms with Crippen molar-refractivity contribution < 1.29 is 19.2 Å². The van der Waals surface area contributed by atoms with Gasteiger partial charge < -0.3 is 10.6 Å². The Morgan fingerprint density at radius 3 is 2.43 bits per heavy atom. The number of benzene rings is 1. The topological polar surface area (TPSA) is 95.6 Å². The van der Waals surface area contributed by atoms with Crippen LogP contribution >= 0.6 is 0 Å². The maximum atomic E-state index is 12.9. The van der Waals surface area contributed by atoms with Gasteiger partial charge in [0, 0.05) is 17.7 Å². The number of anilines is 1. The number of carbonyl (C=O) groups excluding carboxylic acids is 4. The van der Waals surface area contributed by atoms with Crippen molar-refractivity contribution in [3.8, 4) is 0 Å². The van der Waals surface area contributed by atoms with E-state index >= 15 is 0 Å². The van der Waals surface area contributed by atoms with Crippen molar-refractivity contribution in [1.82, 2.24) is 10.2 Å². The molecule has 1 aliphatic heterocycles. The van der Waals surface area contributed by atoms with E-state index in [0.29, 0.717) is 36.4 Å². The fraction of sp³-hybridized carbons (Fsp3) is 0.565. The summed E-state index contributed by atoms with van der Waals surface area (Å²) >= 11 is 0. The molecule has 1 heterocycles. The predicted molar refractivity (Wildman–Crippen MR) is 114 cm³/mol. The van der Waals surface area contributed by atoms with Gasteiger partial charge in [-0.1, -0.05) is 26.7 Å². The highest BCUT2D eigenvalue weighted by Crippen LogP contribution is 2.36. The molecule has 2 N–H and O–H groups in total. The zero-order valence-corrected chi connectivity index (χ0v) is 17.8. The third kappa shape index (κ3) is 4.89. The van der Waals surface area contributed by atoms with Gasteiger partial charge in [-0.2, -0.15) is 0 Å². The fourth-order valence-corrected chi connectivity index (χ4v) is 4.15. The molecular formula is C23H31N3O4. The van der Waals surface area contributed by atoms with Crippen LogP contribution in [0.15, 0.2) is 24.3 Å². The first-order valence-electron chi connectivity index (χ1n) is 10.9. The molecule has 7 heteroatoms. The summed E-state index contributed by atoms with van der Waals surface area (Å²) in [5.74, 6) is -0.0973. The van der Waals surface area contributed by atoms with Crippen molar-refractivity contribution in [2.75, 3.05) is 11.9 Å². The van der Waals surface area contributed by atoms with Crippen molar-refractivity contribution in [1.29, 1.82) is 0 Å². The fourth-order valence-electron chi connectivity index (χ4n) is 4.15. The minimum atomic E-state index is -0.838. The number of nitrogens with zero attached hydrogens (tertiary/aromatic N) is 1. The maximum Gasteiger partial charge on any atom is 0.325 e. The standard InChI is InChI=1S/C23H31N3O4/c1-3-4-5-6-20(28)24-18-9-7-17(8-10-18)19(27)15-26-21(29)23(25-22(26)30)13-11-16(2)12-14-23/h7-10,16H,3-6,11-15H2,1-2H3,(H,24,28)(H,25,30). The van der Waals surface area contributed by atoms with Crippen molar-refractivity contribution in [2.45, 2.75) is 70.8 Å². The number of rotatable bonds is 8. The monoisotopic (exact) mass is 413 g/mol. The summed E-state index contributed by atoms with van der Waals surface area (Å²) in [5, 5.41) is 5.65. The molecule has 0 aromatic heterocycles. The van der Waals surface area contributed by atoms with Gasteiger partial charge in [0.25, 0.3) is 5.91 Å². The lowest BCUT2D eigenvalue weighted by molar-refractivity contribution is -0.132. The summed E-state index contributed by atoms with van der Waals surface area (Å²) in [6.07, 6.45) is 6.42. The first kappa shape index (κ1) is 22.0. The maximum absolute atomic E-state index is 12.9. The molecule has 0 unspecified atom stereocenters. The highest BCUT2D eigenvalue weighted by molar-refractivity contribution is 6.11. The van der Waals surface area contributed by atoms with E-state index in [1.807, 2.05) is 0 Å². The number of Topliss-reactive ketones (excluding diaryl/α,β-unsaturated/α-hetero) is 1. The van der Waals surface area contributed by atoms with Gasteiger partial charge in [-0.15, -0.1) is 0 Å². The molecule has 2 aliphatic rings. The Bertz CT molecular complexity index is 810. The van der Waals surface area contributed by atoms with Gasteiger partial charge in [-0.3, -0.25) is 19.3 Å². The Kier molecular flexibility index (Phi) is 6.90. The van der Waals surface area contributed by atoms with Gasteiger partial charge in [0.05, 0.1) is 6.54 Å². The second-order valence-electron chi connectivity index (χ2n) is 8.59. The number of urea groups is 1. The molecule has 1 saturated carbocycles. The smallest absolute Gasteiger partial charge is 0.325 e. The van der Waals surface area contributed by atoms with Crippen LogP contribution in [0.2, 0.25) is 0 Å². The average molecular weight is 414 g/mol. The highest BCUT2D eigenvalue weighted by Gasteiger charge is 2.52. The molecule has 1 aromatic rings. The number of carbonyl (C=O) groups is 4. The van der Waals surface area contributed by atoms with Crippen LogP contribution in [0.5, 0.6) is 0 Å². The first-order valence-corrected chi connectivity index (χ1v) is 10.9. The number of hydrogen-bond donors (Lipinski definition) is 2. The number of nitrogens with one attached hydrogen (secondary N) is 2. The minimum absolute atomic E-state index is 0.0473. The zero-order valence-electron chi connectivity index (χ0n) is 17.8. The molecule has 0 bridgehead atoms. The molecule has 0 radical (unpaired) electrons. The summed E-state index contributed by atoms with van der Waals surface area (Å²) in [6, 6.07) is 6.07. The summed E-state index contributed by atoms with van der Waals surface area (Å²) in [7, 11) is 0. The third-order valence-corrected chi connectivity index (χ3v) is 6.17. The van der Waals surface area contributed by atoms with Crippen LogP contribution in [0.25, 0.3) is 0 Å². The Balaban J connectivity index is 1.57. The van der Waals surface area contributed by atoms with Crippen LogP contribution in [0.4, 0.5) is 10.5 Å². The summed E-state index contributed by atoms with van der Waals surface area (Å²) < 4.78 is 0. The highest BCUT2D eigenvalue weighted by atomic mass is 16.2. The number of unbranched alkanes of at least 4 members (excludes halogenated alkanes) is 2. The number of ketones is 1. The molecule has 3 rings (SSSR count). The second kappa shape index (κ2) is 9.41. The molecule has 162 valence electrons. The largest absolute Gasteiger partial charge is 0.326 e. The summed E-state index contributed by atoms with van der Waals surface area (Å²) in [4.78, 5) is 50.9. The minimum Gasteiger partial charge on any atom is -0.326 e. The van der Waals surface area contributed by atoms with Gasteiger partial charge in [0.15, 0.2) is 5.78 Å². The first-order chi connectivity index (χ1) is 14.3. The zero-order chi connectivity index (χ0) is 21.7. The number of imide groups is 1. The van der Waals surface area contributed by atoms with E-state index < -0.39 is 11.6 Å². The molecule has 30 heavy (non-hydrogen) atoms. The van der Waals surface area contributed by atoms with E-state index in [-0.39, 0.29) is 24.1 Å². The Labute approximate surface area is 177 Å². The molecule has 1 aromatic carbocycles. The summed E-state index contributed by atoms with van der Waals surface area (Å²) in [5.41, 5.74) is 0.187. The van der Waals surface area contributed by atoms with Gasteiger partial charge in [-0.25, -0.2) is 4.79 Å². The lowest BCUT2D eigenvalue weighted by atomic mass is 9.77. The van der Waals surface area contributed by atoms with Gasteiger partial charge in [0.2, 0.25) is 5.91 Å². The van der Waals surface area contributed by atoms with Gasteiger partial charge >= 0.3 is 6.03 Å². The second-order valence-corrected chi connectivity index (χ2v) is 8.59. The van der Waals surface area contributed by atoms with Gasteiger partial charge in [0.1, 0.15) is 5.54 Å². The Morgan fingerprint density at radius 1 is 1.13 bits per heavy atom. The lowest BCUT2D eigenvalue weighted by Crippen LogP contribution is -2.49. The van der Waals surface area contributed by atoms with E-state index in [9.17, 15) is 19.2 Å². The summed E-state index contributed by atoms with van der Waals surface area (Å²) in [6.45, 7) is 3.96. The molecule has 7 nitrogen and oxygen atoms in total. The average Bonchev–Trinajstić information content (AvgIpc) is 2.95. The molecule has 4 amide bonds. The van der Waals surface area contributed by atoms with Crippen molar-refractivity contribution in [3.05, 3.63) is 29.8 Å². The lowest BCUT2D eigenvalue weighted by Gasteiger charge is -2.33. The molecular weight excluding hydrogens is 382 g/mol.